The number of likely N-dealkylation sites (tertiary alicyclic amines) is 1. The number of piperidine rings is 1. The molecule has 0 radical (unpaired) electrons. The van der Waals surface area contributed by atoms with Crippen LogP contribution in [0.15, 0.2) is 42.5 Å². The van der Waals surface area contributed by atoms with Crippen LogP contribution in [0.5, 0.6) is 5.75 Å². The quantitative estimate of drug-likeness (QED) is 0.237. The van der Waals surface area contributed by atoms with Gasteiger partial charge in [-0.15, -0.1) is 11.3 Å². The van der Waals surface area contributed by atoms with Crippen molar-refractivity contribution in [3.63, 3.8) is 0 Å². The summed E-state index contributed by atoms with van der Waals surface area (Å²) >= 11 is 1.81. The van der Waals surface area contributed by atoms with E-state index < -0.39 is 0 Å². The lowest BCUT2D eigenvalue weighted by molar-refractivity contribution is 0.103. The number of methoxy groups -OCH3 is 1. The Morgan fingerprint density at radius 2 is 1.66 bits per heavy atom. The Morgan fingerprint density at radius 3 is 2.37 bits per heavy atom. The van der Waals surface area contributed by atoms with Gasteiger partial charge in [0.1, 0.15) is 5.75 Å². The zero-order valence-corrected chi connectivity index (χ0v) is 22.0. The molecule has 3 nitrogen and oxygen atoms in total. The number of rotatable bonds is 8. The lowest BCUT2D eigenvalue weighted by Gasteiger charge is -2.26. The smallest absolute Gasteiger partial charge is 0.194 e. The number of hydrogen-bond donors (Lipinski definition) is 0. The SMILES string of the molecule is COc1ccc2c(C(=O)c3ccc(CCCN4CCCCC4)cc3)c(C3CCCCCC3)sc2c1. The van der Waals surface area contributed by atoms with E-state index in [4.69, 9.17) is 4.74 Å². The predicted octanol–water partition coefficient (Wildman–Crippen LogP) is 8.00. The van der Waals surface area contributed by atoms with Crippen molar-refractivity contribution in [3.8, 4) is 5.75 Å². The highest BCUT2D eigenvalue weighted by Gasteiger charge is 2.26. The second-order valence-electron chi connectivity index (χ2n) is 10.4. The fourth-order valence-corrected chi connectivity index (χ4v) is 7.34. The number of fused-ring (bicyclic) bond motifs is 1. The van der Waals surface area contributed by atoms with Gasteiger partial charge >= 0.3 is 0 Å². The third kappa shape index (κ3) is 5.81. The summed E-state index contributed by atoms with van der Waals surface area (Å²) in [6, 6.07) is 14.6. The maximum atomic E-state index is 13.9. The van der Waals surface area contributed by atoms with Crippen LogP contribution in [0.2, 0.25) is 0 Å². The maximum Gasteiger partial charge on any atom is 0.194 e. The molecule has 0 N–H and O–H groups in total. The van der Waals surface area contributed by atoms with Crippen molar-refractivity contribution in [3.05, 3.63) is 64.0 Å². The van der Waals surface area contributed by atoms with Crippen molar-refractivity contribution in [2.24, 2.45) is 0 Å². The second-order valence-corrected chi connectivity index (χ2v) is 11.5. The lowest BCUT2D eigenvalue weighted by atomic mass is 9.91. The van der Waals surface area contributed by atoms with Gasteiger partial charge in [0, 0.05) is 26.1 Å². The largest absolute Gasteiger partial charge is 0.497 e. The molecule has 0 amide bonds. The summed E-state index contributed by atoms with van der Waals surface area (Å²) in [5, 5.41) is 1.09. The van der Waals surface area contributed by atoms with E-state index in [0.717, 1.165) is 28.7 Å². The van der Waals surface area contributed by atoms with Crippen LogP contribution in [-0.2, 0) is 6.42 Å². The molecule has 1 saturated heterocycles. The molecule has 0 unspecified atom stereocenters. The predicted molar refractivity (Wildman–Crippen MR) is 147 cm³/mol. The first-order valence-corrected chi connectivity index (χ1v) is 14.5. The Kier molecular flexibility index (Phi) is 8.20. The van der Waals surface area contributed by atoms with Gasteiger partial charge in [-0.3, -0.25) is 4.79 Å². The molecule has 35 heavy (non-hydrogen) atoms. The summed E-state index contributed by atoms with van der Waals surface area (Å²) in [6.45, 7) is 3.71. The molecule has 0 bridgehead atoms. The molecule has 186 valence electrons. The van der Waals surface area contributed by atoms with Crippen LogP contribution in [0, 0.1) is 0 Å². The van der Waals surface area contributed by atoms with E-state index in [2.05, 4.69) is 41.3 Å². The minimum atomic E-state index is 0.181. The average Bonchev–Trinajstić information content (AvgIpc) is 3.07. The monoisotopic (exact) mass is 489 g/mol. The van der Waals surface area contributed by atoms with Crippen molar-refractivity contribution in [2.75, 3.05) is 26.7 Å². The van der Waals surface area contributed by atoms with Gasteiger partial charge in [0.2, 0.25) is 0 Å². The van der Waals surface area contributed by atoms with Gasteiger partial charge < -0.3 is 9.64 Å². The summed E-state index contributed by atoms with van der Waals surface area (Å²) in [6.07, 6.45) is 13.9. The summed E-state index contributed by atoms with van der Waals surface area (Å²) in [5.74, 6) is 1.54. The summed E-state index contributed by atoms with van der Waals surface area (Å²) in [5.41, 5.74) is 3.09. The highest BCUT2D eigenvalue weighted by molar-refractivity contribution is 7.19. The van der Waals surface area contributed by atoms with Crippen LogP contribution >= 0.6 is 11.3 Å². The number of thiophene rings is 1. The normalized spacial score (nSPS) is 18.0. The third-order valence-electron chi connectivity index (χ3n) is 7.98. The molecule has 2 aliphatic rings. The number of hydrogen-bond acceptors (Lipinski definition) is 4. The van der Waals surface area contributed by atoms with Crippen LogP contribution < -0.4 is 4.74 Å². The minimum absolute atomic E-state index is 0.181. The van der Waals surface area contributed by atoms with E-state index in [-0.39, 0.29) is 5.78 Å². The van der Waals surface area contributed by atoms with Crippen molar-refractivity contribution in [2.45, 2.75) is 76.5 Å². The summed E-state index contributed by atoms with van der Waals surface area (Å²) < 4.78 is 6.65. The molecule has 2 heterocycles. The third-order valence-corrected chi connectivity index (χ3v) is 9.30. The molecule has 2 fully saturated rings. The molecule has 3 aromatic rings. The van der Waals surface area contributed by atoms with E-state index in [9.17, 15) is 4.79 Å². The standard InChI is InChI=1S/C31H39NO2S/c1-34-26-17-18-27-28(22-26)35-31(25-11-5-2-3-6-12-25)29(27)30(33)24-15-13-23(14-16-24)10-9-21-32-19-7-4-8-20-32/h13-18,22,25H,2-12,19-21H2,1H3. The van der Waals surface area contributed by atoms with E-state index in [1.807, 2.05) is 17.4 Å². The molecular weight excluding hydrogens is 450 g/mol. The highest BCUT2D eigenvalue weighted by Crippen LogP contribution is 2.43. The molecule has 2 aromatic carbocycles. The van der Waals surface area contributed by atoms with Crippen molar-refractivity contribution >= 4 is 27.2 Å². The Bertz CT molecular complexity index is 1120. The molecule has 0 spiro atoms. The summed E-state index contributed by atoms with van der Waals surface area (Å²) in [7, 11) is 1.71. The zero-order valence-electron chi connectivity index (χ0n) is 21.2. The Labute approximate surface area is 214 Å². The van der Waals surface area contributed by atoms with Crippen LogP contribution in [0.3, 0.4) is 0 Å². The minimum Gasteiger partial charge on any atom is -0.497 e. The first-order chi connectivity index (χ1) is 17.2. The molecule has 1 aliphatic heterocycles. The van der Waals surface area contributed by atoms with Gasteiger partial charge in [0.05, 0.1) is 7.11 Å². The van der Waals surface area contributed by atoms with Gasteiger partial charge in [-0.2, -0.15) is 0 Å². The molecule has 4 heteroatoms. The van der Waals surface area contributed by atoms with Crippen molar-refractivity contribution in [1.29, 1.82) is 0 Å². The van der Waals surface area contributed by atoms with Crippen LogP contribution in [-0.4, -0.2) is 37.4 Å². The van der Waals surface area contributed by atoms with Gasteiger partial charge in [0.25, 0.3) is 0 Å². The average molecular weight is 490 g/mol. The number of carbonyl (C=O) groups excluding carboxylic acids is 1. The van der Waals surface area contributed by atoms with Crippen molar-refractivity contribution in [1.82, 2.24) is 4.90 Å². The van der Waals surface area contributed by atoms with Gasteiger partial charge in [-0.25, -0.2) is 0 Å². The van der Waals surface area contributed by atoms with Crippen LogP contribution in [0.1, 0.15) is 96.5 Å². The topological polar surface area (TPSA) is 29.5 Å². The molecule has 1 aromatic heterocycles. The number of carbonyl (C=O) groups is 1. The van der Waals surface area contributed by atoms with Gasteiger partial charge in [-0.1, -0.05) is 56.4 Å². The van der Waals surface area contributed by atoms with E-state index in [1.54, 1.807) is 7.11 Å². The van der Waals surface area contributed by atoms with Crippen LogP contribution in [0.4, 0.5) is 0 Å². The number of ketones is 1. The number of benzene rings is 2. The first kappa shape index (κ1) is 24.5. The number of ether oxygens (including phenoxy) is 1. The Balaban J connectivity index is 1.36. The number of nitrogens with zero attached hydrogens (tertiary/aromatic N) is 1. The Hall–Kier alpha value is -2.17. The second kappa shape index (κ2) is 11.7. The fourth-order valence-electron chi connectivity index (χ4n) is 5.94. The molecule has 1 aliphatic carbocycles. The molecule has 5 rings (SSSR count). The molecule has 1 saturated carbocycles. The Morgan fingerprint density at radius 1 is 0.943 bits per heavy atom. The number of aryl methyl sites for hydroxylation is 1. The molecular formula is C31H39NO2S. The van der Waals surface area contributed by atoms with Gasteiger partial charge in [0.15, 0.2) is 5.78 Å². The first-order valence-electron chi connectivity index (χ1n) is 13.7. The fraction of sp³-hybridized carbons (Fsp3) is 0.516. The van der Waals surface area contributed by atoms with E-state index in [1.165, 1.54) is 99.0 Å². The van der Waals surface area contributed by atoms with E-state index in [0.29, 0.717) is 5.92 Å². The van der Waals surface area contributed by atoms with Crippen molar-refractivity contribution < 1.29 is 9.53 Å². The van der Waals surface area contributed by atoms with Gasteiger partial charge in [-0.05, 0) is 87.8 Å². The lowest BCUT2D eigenvalue weighted by Crippen LogP contribution is -2.30. The highest BCUT2D eigenvalue weighted by atomic mass is 32.1. The molecule has 0 atom stereocenters. The maximum absolute atomic E-state index is 13.9. The van der Waals surface area contributed by atoms with E-state index >= 15 is 0 Å². The van der Waals surface area contributed by atoms with Crippen LogP contribution in [0.25, 0.3) is 10.1 Å². The summed E-state index contributed by atoms with van der Waals surface area (Å²) in [4.78, 5) is 17.8. The zero-order chi connectivity index (χ0) is 24.0.